The monoisotopic (exact) mass is 394 g/mol. The van der Waals surface area contributed by atoms with Crippen LogP contribution < -0.4 is 14.8 Å². The van der Waals surface area contributed by atoms with Gasteiger partial charge >= 0.3 is 0 Å². The lowest BCUT2D eigenvalue weighted by atomic mass is 10.2. The summed E-state index contributed by atoms with van der Waals surface area (Å²) in [4.78, 5) is 12.2. The van der Waals surface area contributed by atoms with Crippen molar-refractivity contribution in [2.45, 2.75) is 23.9 Å². The molecule has 0 spiro atoms. The fraction of sp³-hybridized carbons (Fsp3) is 0.412. The molecule has 0 fully saturated rings. The number of ether oxygens (including phenoxy) is 2. The minimum absolute atomic E-state index is 0.143. The van der Waals surface area contributed by atoms with Crippen LogP contribution in [0.3, 0.4) is 0 Å². The van der Waals surface area contributed by atoms with E-state index >= 15 is 0 Å². The van der Waals surface area contributed by atoms with Crippen LogP contribution in [0.2, 0.25) is 0 Å². The molecule has 0 bridgehead atoms. The summed E-state index contributed by atoms with van der Waals surface area (Å²) < 4.78 is 39.5. The molecule has 1 amide bonds. The SMILES string of the molecule is COCCNC(=O)c1cc2n(n1)CC(NS(=O)(=O)c1cccc(OC)c1)C2. The number of nitrogens with one attached hydrogen (secondary N) is 2. The molecule has 1 aromatic heterocycles. The Morgan fingerprint density at radius 1 is 1.33 bits per heavy atom. The van der Waals surface area contributed by atoms with E-state index in [1.165, 1.54) is 19.2 Å². The number of carbonyl (C=O) groups is 1. The van der Waals surface area contributed by atoms with Crippen LogP contribution >= 0.6 is 0 Å². The highest BCUT2D eigenvalue weighted by Crippen LogP contribution is 2.20. The number of rotatable bonds is 8. The second-order valence-electron chi connectivity index (χ2n) is 6.15. The van der Waals surface area contributed by atoms with Crippen LogP contribution in [0.1, 0.15) is 16.2 Å². The first-order valence-corrected chi connectivity index (χ1v) is 9.91. The average molecular weight is 394 g/mol. The van der Waals surface area contributed by atoms with Gasteiger partial charge in [0.1, 0.15) is 11.4 Å². The number of methoxy groups -OCH3 is 2. The van der Waals surface area contributed by atoms with Crippen molar-refractivity contribution in [2.75, 3.05) is 27.4 Å². The van der Waals surface area contributed by atoms with Crippen molar-refractivity contribution < 1.29 is 22.7 Å². The van der Waals surface area contributed by atoms with Crippen molar-refractivity contribution in [3.05, 3.63) is 41.7 Å². The maximum atomic E-state index is 12.6. The van der Waals surface area contributed by atoms with Gasteiger partial charge in [0.25, 0.3) is 5.91 Å². The maximum Gasteiger partial charge on any atom is 0.271 e. The maximum absolute atomic E-state index is 12.6. The van der Waals surface area contributed by atoms with Gasteiger partial charge in [0.15, 0.2) is 0 Å². The zero-order chi connectivity index (χ0) is 19.4. The fourth-order valence-electron chi connectivity index (χ4n) is 2.91. The minimum Gasteiger partial charge on any atom is -0.497 e. The molecule has 1 unspecified atom stereocenters. The number of fused-ring (bicyclic) bond motifs is 1. The molecule has 2 heterocycles. The smallest absolute Gasteiger partial charge is 0.271 e. The second-order valence-corrected chi connectivity index (χ2v) is 7.87. The third-order valence-electron chi connectivity index (χ3n) is 4.21. The largest absolute Gasteiger partial charge is 0.497 e. The van der Waals surface area contributed by atoms with Gasteiger partial charge in [-0.2, -0.15) is 5.10 Å². The predicted molar refractivity (Wildman–Crippen MR) is 97.2 cm³/mol. The molecule has 0 saturated carbocycles. The Kier molecular flexibility index (Phi) is 5.78. The Morgan fingerprint density at radius 3 is 2.85 bits per heavy atom. The molecule has 146 valence electrons. The zero-order valence-corrected chi connectivity index (χ0v) is 16.0. The molecule has 10 heteroatoms. The first-order chi connectivity index (χ1) is 12.9. The summed E-state index contributed by atoms with van der Waals surface area (Å²) in [5.41, 5.74) is 1.13. The van der Waals surface area contributed by atoms with Crippen molar-refractivity contribution in [2.24, 2.45) is 0 Å². The molecule has 0 radical (unpaired) electrons. The normalized spacial score (nSPS) is 16.1. The summed E-state index contributed by atoms with van der Waals surface area (Å²) in [7, 11) is -0.634. The number of benzene rings is 1. The third kappa shape index (κ3) is 4.46. The van der Waals surface area contributed by atoms with Crippen LogP contribution in [0.15, 0.2) is 35.2 Å². The molecule has 1 aliphatic heterocycles. The molecular weight excluding hydrogens is 372 g/mol. The van der Waals surface area contributed by atoms with Gasteiger partial charge in [-0.15, -0.1) is 0 Å². The zero-order valence-electron chi connectivity index (χ0n) is 15.1. The molecule has 2 aromatic rings. The van der Waals surface area contributed by atoms with E-state index < -0.39 is 10.0 Å². The molecule has 27 heavy (non-hydrogen) atoms. The number of amides is 1. The predicted octanol–water partition coefficient (Wildman–Crippen LogP) is 0.171. The van der Waals surface area contributed by atoms with Crippen molar-refractivity contribution in [3.63, 3.8) is 0 Å². The number of hydrogen-bond acceptors (Lipinski definition) is 6. The van der Waals surface area contributed by atoms with Gasteiger partial charge in [0.05, 0.1) is 25.2 Å². The number of carbonyl (C=O) groups excluding carboxylic acids is 1. The lowest BCUT2D eigenvalue weighted by Crippen LogP contribution is -2.36. The number of aromatic nitrogens is 2. The summed E-state index contributed by atoms with van der Waals surface area (Å²) in [6.45, 7) is 1.19. The van der Waals surface area contributed by atoms with Gasteiger partial charge in [-0.3, -0.25) is 9.48 Å². The minimum atomic E-state index is -3.68. The number of nitrogens with zero attached hydrogens (tertiary/aromatic N) is 2. The first-order valence-electron chi connectivity index (χ1n) is 8.43. The van der Waals surface area contributed by atoms with Crippen molar-refractivity contribution in [1.82, 2.24) is 19.8 Å². The van der Waals surface area contributed by atoms with Crippen molar-refractivity contribution >= 4 is 15.9 Å². The number of hydrogen-bond donors (Lipinski definition) is 2. The Hall–Kier alpha value is -2.43. The van der Waals surface area contributed by atoms with Crippen LogP contribution in [-0.2, 0) is 27.7 Å². The Balaban J connectivity index is 1.63. The molecule has 1 atom stereocenters. The standard InChI is InChI=1S/C17H22N4O5S/c1-25-7-6-18-17(22)16-9-13-8-12(11-21(13)19-16)20-27(23,24)15-5-3-4-14(10-15)26-2/h3-5,9-10,12,20H,6-8,11H2,1-2H3,(H,18,22). The van der Waals surface area contributed by atoms with Gasteiger partial charge < -0.3 is 14.8 Å². The van der Waals surface area contributed by atoms with Gasteiger partial charge in [0.2, 0.25) is 10.0 Å². The Morgan fingerprint density at radius 2 is 2.15 bits per heavy atom. The van der Waals surface area contributed by atoms with Crippen molar-refractivity contribution in [1.29, 1.82) is 0 Å². The van der Waals surface area contributed by atoms with Crippen LogP contribution in [0.4, 0.5) is 0 Å². The van der Waals surface area contributed by atoms with E-state index in [-0.39, 0.29) is 16.8 Å². The lowest BCUT2D eigenvalue weighted by Gasteiger charge is -2.13. The highest BCUT2D eigenvalue weighted by atomic mass is 32.2. The summed E-state index contributed by atoms with van der Waals surface area (Å²) in [6.07, 6.45) is 0.460. The highest BCUT2D eigenvalue weighted by Gasteiger charge is 2.29. The van der Waals surface area contributed by atoms with E-state index in [2.05, 4.69) is 15.1 Å². The first kappa shape index (κ1) is 19.3. The molecule has 9 nitrogen and oxygen atoms in total. The van der Waals surface area contributed by atoms with Crippen molar-refractivity contribution in [3.8, 4) is 5.75 Å². The van der Waals surface area contributed by atoms with Gasteiger partial charge in [-0.25, -0.2) is 13.1 Å². The molecular formula is C17H22N4O5S. The van der Waals surface area contributed by atoms with Crippen LogP contribution in [0.5, 0.6) is 5.75 Å². The molecule has 0 aliphatic carbocycles. The molecule has 1 aliphatic rings. The second kappa shape index (κ2) is 8.07. The van der Waals surface area contributed by atoms with Crippen LogP contribution in [-0.4, -0.2) is 57.5 Å². The van der Waals surface area contributed by atoms with Crippen LogP contribution in [0.25, 0.3) is 0 Å². The quantitative estimate of drug-likeness (QED) is 0.618. The molecule has 3 rings (SSSR count). The van der Waals surface area contributed by atoms with E-state index in [1.807, 2.05) is 0 Å². The fourth-order valence-corrected chi connectivity index (χ4v) is 4.17. The van der Waals surface area contributed by atoms with Crippen LogP contribution in [0, 0.1) is 0 Å². The van der Waals surface area contributed by atoms with Gasteiger partial charge in [-0.05, 0) is 18.2 Å². The summed E-state index contributed by atoms with van der Waals surface area (Å²) in [5, 5.41) is 6.97. The molecule has 1 aromatic carbocycles. The highest BCUT2D eigenvalue weighted by molar-refractivity contribution is 7.89. The third-order valence-corrected chi connectivity index (χ3v) is 5.73. The Bertz CT molecular complexity index is 902. The van der Waals surface area contributed by atoms with E-state index in [0.717, 1.165) is 5.69 Å². The van der Waals surface area contributed by atoms with E-state index in [9.17, 15) is 13.2 Å². The van der Waals surface area contributed by atoms with Gasteiger partial charge in [-0.1, -0.05) is 6.07 Å². The van der Waals surface area contributed by atoms with Gasteiger partial charge in [0, 0.05) is 37.9 Å². The van der Waals surface area contributed by atoms with E-state index in [0.29, 0.717) is 37.6 Å². The lowest BCUT2D eigenvalue weighted by molar-refractivity contribution is 0.0931. The number of sulfonamides is 1. The van der Waals surface area contributed by atoms with E-state index in [1.54, 1.807) is 30.0 Å². The van der Waals surface area contributed by atoms with E-state index in [4.69, 9.17) is 9.47 Å². The Labute approximate surface area is 157 Å². The summed E-state index contributed by atoms with van der Waals surface area (Å²) in [6, 6.07) is 7.65. The molecule has 2 N–H and O–H groups in total. The average Bonchev–Trinajstić information content (AvgIpc) is 3.20. The summed E-state index contributed by atoms with van der Waals surface area (Å²) in [5.74, 6) is 0.198. The molecule has 0 saturated heterocycles. The summed E-state index contributed by atoms with van der Waals surface area (Å²) >= 11 is 0. The topological polar surface area (TPSA) is 112 Å².